The van der Waals surface area contributed by atoms with E-state index >= 15 is 0 Å². The van der Waals surface area contributed by atoms with Crippen molar-refractivity contribution in [2.45, 2.75) is 33.1 Å². The van der Waals surface area contributed by atoms with Gasteiger partial charge in [-0.3, -0.25) is 0 Å². The molecule has 11 rings (SSSR count). The minimum absolute atomic E-state index is 1.09. The predicted octanol–water partition coefficient (Wildman–Crippen LogP) is 20.1. The van der Waals surface area contributed by atoms with Crippen LogP contribution in [-0.4, -0.2) is 14.2 Å². The number of methoxy groups -OCH3 is 1. The van der Waals surface area contributed by atoms with Crippen LogP contribution in [0.15, 0.2) is 267 Å². The Labute approximate surface area is 428 Å². The molecule has 1 fully saturated rings. The van der Waals surface area contributed by atoms with Crippen molar-refractivity contribution in [2.75, 3.05) is 24.0 Å². The van der Waals surface area contributed by atoms with Crippen LogP contribution in [0.4, 0.5) is 34.1 Å². The highest BCUT2D eigenvalue weighted by Gasteiger charge is 2.16. The summed E-state index contributed by atoms with van der Waals surface area (Å²) in [5.74, 6) is 0. The lowest BCUT2D eigenvalue weighted by molar-refractivity contribution is 0.277. The standard InChI is InChI=1S/C62H46N2.C3H6.C2H6O.C2H6/c1-2-46-18-20-49(21-19-46)50-22-24-51(25-23-50)54-30-40-58(41-31-54)63(57-16-10-5-11-17-57)59-42-32-55(33-43-59)56-34-44-62(45-35-56)64(60-36-26-52(27-37-60)47-12-6-3-7-13-47)61-38-28-53(29-39-61)48-14-8-4-9-15-48;1-2-3-1;1-3-2;1-2/h2-45H,1H2;1-3H2;1-2H3;1-2H3. The van der Waals surface area contributed by atoms with Gasteiger partial charge in [0.15, 0.2) is 0 Å². The highest BCUT2D eigenvalue weighted by atomic mass is 16.4. The van der Waals surface area contributed by atoms with Gasteiger partial charge in [0.25, 0.3) is 0 Å². The van der Waals surface area contributed by atoms with Crippen LogP contribution < -0.4 is 9.80 Å². The predicted molar refractivity (Wildman–Crippen MR) is 311 cm³/mol. The van der Waals surface area contributed by atoms with Gasteiger partial charge >= 0.3 is 0 Å². The molecule has 0 aliphatic heterocycles. The number of hydrogen-bond acceptors (Lipinski definition) is 3. The van der Waals surface area contributed by atoms with Gasteiger partial charge in [0, 0.05) is 48.3 Å². The number of hydrogen-bond donors (Lipinski definition) is 0. The number of benzene rings is 10. The molecule has 0 radical (unpaired) electrons. The van der Waals surface area contributed by atoms with Gasteiger partial charge in [-0.1, -0.05) is 234 Å². The lowest BCUT2D eigenvalue weighted by Gasteiger charge is -2.26. The smallest absolute Gasteiger partial charge is 0.0462 e. The average molecular weight is 937 g/mol. The van der Waals surface area contributed by atoms with E-state index in [1.165, 1.54) is 63.8 Å². The molecule has 0 spiro atoms. The van der Waals surface area contributed by atoms with Gasteiger partial charge in [0.05, 0.1) is 0 Å². The molecule has 0 heterocycles. The molecule has 0 aromatic heterocycles. The first-order valence-corrected chi connectivity index (χ1v) is 25.1. The van der Waals surface area contributed by atoms with Crippen molar-refractivity contribution >= 4 is 40.2 Å². The zero-order chi connectivity index (χ0) is 49.9. The number of para-hydroxylation sites is 1. The maximum atomic E-state index is 4.25. The van der Waals surface area contributed by atoms with Gasteiger partial charge in [-0.2, -0.15) is 0 Å². The molecule has 10 aromatic rings. The fraction of sp³-hybridized carbons (Fsp3) is 0.101. The second-order valence-corrected chi connectivity index (χ2v) is 17.3. The van der Waals surface area contributed by atoms with Crippen molar-refractivity contribution in [3.8, 4) is 55.6 Å². The summed E-state index contributed by atoms with van der Waals surface area (Å²) in [6, 6.07) is 93.4. The first-order chi connectivity index (χ1) is 35.6. The Bertz CT molecular complexity index is 3060. The highest BCUT2D eigenvalue weighted by Crippen LogP contribution is 2.40. The Morgan fingerprint density at radius 2 is 0.458 bits per heavy atom. The van der Waals surface area contributed by atoms with Crippen molar-refractivity contribution in [2.24, 2.45) is 0 Å². The monoisotopic (exact) mass is 937 g/mol. The summed E-state index contributed by atoms with van der Waals surface area (Å²) in [7, 11) is 3.25. The van der Waals surface area contributed by atoms with Crippen LogP contribution in [0.25, 0.3) is 61.7 Å². The van der Waals surface area contributed by atoms with Crippen LogP contribution in [0, 0.1) is 0 Å². The van der Waals surface area contributed by atoms with Crippen LogP contribution in [0.3, 0.4) is 0 Å². The Kier molecular flexibility index (Phi) is 17.6. The fourth-order valence-corrected chi connectivity index (χ4v) is 8.41. The molecule has 1 aliphatic carbocycles. The highest BCUT2D eigenvalue weighted by molar-refractivity contribution is 5.83. The molecule has 72 heavy (non-hydrogen) atoms. The topological polar surface area (TPSA) is 15.7 Å². The maximum Gasteiger partial charge on any atom is 0.0462 e. The van der Waals surface area contributed by atoms with Crippen LogP contribution in [0.1, 0.15) is 38.7 Å². The Morgan fingerprint density at radius 1 is 0.278 bits per heavy atom. The molecule has 1 aliphatic rings. The summed E-state index contributed by atoms with van der Waals surface area (Å²) >= 11 is 0. The molecule has 0 bridgehead atoms. The zero-order valence-corrected chi connectivity index (χ0v) is 42.0. The molecular weight excluding hydrogens is 873 g/mol. The molecule has 0 N–H and O–H groups in total. The van der Waals surface area contributed by atoms with Gasteiger partial charge in [0.2, 0.25) is 0 Å². The minimum atomic E-state index is 1.09. The molecule has 0 amide bonds. The fourth-order valence-electron chi connectivity index (χ4n) is 8.41. The minimum Gasteiger partial charge on any atom is -0.388 e. The molecule has 0 saturated heterocycles. The van der Waals surface area contributed by atoms with Crippen LogP contribution in [0.2, 0.25) is 0 Å². The van der Waals surface area contributed by atoms with Crippen LogP contribution in [0.5, 0.6) is 0 Å². The first kappa shape index (κ1) is 49.9. The number of anilines is 6. The third-order valence-corrected chi connectivity index (χ3v) is 12.2. The average Bonchev–Trinajstić information content (AvgIpc) is 4.37. The van der Waals surface area contributed by atoms with Crippen LogP contribution in [-0.2, 0) is 4.74 Å². The lowest BCUT2D eigenvalue weighted by atomic mass is 9.99. The van der Waals surface area contributed by atoms with Gasteiger partial charge in [0.1, 0.15) is 0 Å². The molecule has 0 unspecified atom stereocenters. The zero-order valence-electron chi connectivity index (χ0n) is 42.0. The van der Waals surface area contributed by atoms with Crippen molar-refractivity contribution < 1.29 is 4.74 Å². The van der Waals surface area contributed by atoms with E-state index in [-0.39, 0.29) is 0 Å². The largest absolute Gasteiger partial charge is 0.388 e. The van der Waals surface area contributed by atoms with E-state index in [9.17, 15) is 0 Å². The van der Waals surface area contributed by atoms with E-state index in [0.717, 1.165) is 50.8 Å². The van der Waals surface area contributed by atoms with Crippen molar-refractivity contribution in [1.82, 2.24) is 0 Å². The molecule has 3 heteroatoms. The maximum absolute atomic E-state index is 4.25. The van der Waals surface area contributed by atoms with Gasteiger partial charge < -0.3 is 14.5 Å². The summed E-state index contributed by atoms with van der Waals surface area (Å²) in [6.45, 7) is 7.88. The molecule has 3 nitrogen and oxygen atoms in total. The van der Waals surface area contributed by atoms with Crippen molar-refractivity contribution in [3.05, 3.63) is 273 Å². The summed E-state index contributed by atoms with van der Waals surface area (Å²) < 4.78 is 4.25. The summed E-state index contributed by atoms with van der Waals surface area (Å²) in [6.07, 6.45) is 6.37. The van der Waals surface area contributed by atoms with E-state index in [0.29, 0.717) is 0 Å². The van der Waals surface area contributed by atoms with E-state index < -0.39 is 0 Å². The third kappa shape index (κ3) is 12.8. The first-order valence-electron chi connectivity index (χ1n) is 25.1. The van der Waals surface area contributed by atoms with Gasteiger partial charge in [-0.25, -0.2) is 0 Å². The second kappa shape index (κ2) is 25.4. The second-order valence-electron chi connectivity index (χ2n) is 17.3. The van der Waals surface area contributed by atoms with Gasteiger partial charge in [-0.15, -0.1) is 0 Å². The molecule has 1 saturated carbocycles. The Balaban J connectivity index is 0.000000809. The quantitative estimate of drug-likeness (QED) is 0.121. The van der Waals surface area contributed by atoms with Crippen LogP contribution >= 0.6 is 0 Å². The van der Waals surface area contributed by atoms with Crippen molar-refractivity contribution in [1.29, 1.82) is 0 Å². The van der Waals surface area contributed by atoms with E-state index in [1.54, 1.807) is 14.2 Å². The van der Waals surface area contributed by atoms with Gasteiger partial charge in [-0.05, 0) is 134 Å². The Hall–Kier alpha value is -8.50. The third-order valence-electron chi connectivity index (χ3n) is 12.2. The summed E-state index contributed by atoms with van der Waals surface area (Å²) in [5.41, 5.74) is 19.6. The Morgan fingerprint density at radius 3 is 0.681 bits per heavy atom. The summed E-state index contributed by atoms with van der Waals surface area (Å²) in [5, 5.41) is 0. The van der Waals surface area contributed by atoms with Crippen molar-refractivity contribution in [3.63, 3.8) is 0 Å². The molecule has 0 atom stereocenters. The van der Waals surface area contributed by atoms with E-state index in [4.69, 9.17) is 0 Å². The van der Waals surface area contributed by atoms with E-state index in [2.05, 4.69) is 282 Å². The number of rotatable bonds is 12. The number of nitrogens with zero attached hydrogens (tertiary/aromatic N) is 2. The van der Waals surface area contributed by atoms with E-state index in [1.807, 2.05) is 19.9 Å². The number of ether oxygens (including phenoxy) is 1. The lowest BCUT2D eigenvalue weighted by Crippen LogP contribution is -2.10. The molecule has 10 aromatic carbocycles. The molecule has 356 valence electrons. The normalized spacial score (nSPS) is 11.0. The summed E-state index contributed by atoms with van der Waals surface area (Å²) in [4.78, 5) is 4.65. The SMILES string of the molecule is C1CC1.C=Cc1ccc(-c2ccc(-c3ccc(N(c4ccccc4)c4ccc(-c5ccc(N(c6ccc(-c7ccccc7)cc6)c6ccc(-c7ccccc7)cc6)cc5)cc4)cc3)cc2)cc1.CC.COC. The molecular formula is C69H64N2O.